The molecule has 0 atom stereocenters. The molecule has 0 spiro atoms. The first-order valence-electron chi connectivity index (χ1n) is 7.25. The third kappa shape index (κ3) is 3.83. The lowest BCUT2D eigenvalue weighted by atomic mass is 10.2. The number of methoxy groups -OCH3 is 1. The van der Waals surface area contributed by atoms with Gasteiger partial charge in [0.05, 0.1) is 24.6 Å². The lowest BCUT2D eigenvalue weighted by molar-refractivity contribution is 0.313. The summed E-state index contributed by atoms with van der Waals surface area (Å²) in [6.45, 7) is 0.466. The minimum atomic E-state index is -0.198. The van der Waals surface area contributed by atoms with Gasteiger partial charge < -0.3 is 14.5 Å². The molecule has 0 radical (unpaired) electrons. The Morgan fingerprint density at radius 1 is 1.21 bits per heavy atom. The molecule has 3 rings (SSSR count). The molecule has 0 unspecified atom stereocenters. The van der Waals surface area contributed by atoms with Crippen molar-refractivity contribution in [3.63, 3.8) is 0 Å². The Bertz CT molecular complexity index is 914. The smallest absolute Gasteiger partial charge is 0.259 e. The number of aromatic nitrogens is 2. The summed E-state index contributed by atoms with van der Waals surface area (Å²) in [5.41, 5.74) is 0.423. The van der Waals surface area contributed by atoms with Crippen LogP contribution in [0.2, 0.25) is 5.02 Å². The van der Waals surface area contributed by atoms with Crippen LogP contribution in [0, 0.1) is 0 Å². The number of rotatable bonds is 6. The Kier molecular flexibility index (Phi) is 5.27. The Labute approximate surface area is 148 Å². The molecule has 7 heteroatoms. The number of nitrogens with zero attached hydrogens (tertiary/aromatic N) is 1. The standard InChI is InChI=1S/C17H15ClN2O3S/c1-22-14-4-2-3-5-15(14)23-8-9-24-17-19-13-7-6-11(18)10-12(13)16(21)20-17/h2-7,10H,8-9H2,1H3,(H,19,20,21). The van der Waals surface area contributed by atoms with Gasteiger partial charge in [0.25, 0.3) is 5.56 Å². The number of thioether (sulfide) groups is 1. The predicted molar refractivity (Wildman–Crippen MR) is 96.6 cm³/mol. The summed E-state index contributed by atoms with van der Waals surface area (Å²) in [4.78, 5) is 19.3. The molecule has 2 aromatic carbocycles. The van der Waals surface area contributed by atoms with Gasteiger partial charge in [-0.15, -0.1) is 0 Å². The van der Waals surface area contributed by atoms with Gasteiger partial charge in [-0.2, -0.15) is 0 Å². The van der Waals surface area contributed by atoms with E-state index in [4.69, 9.17) is 21.1 Å². The van der Waals surface area contributed by atoms with Crippen LogP contribution in [0.3, 0.4) is 0 Å². The number of hydrogen-bond donors (Lipinski definition) is 1. The highest BCUT2D eigenvalue weighted by molar-refractivity contribution is 7.99. The summed E-state index contributed by atoms with van der Waals surface area (Å²) in [7, 11) is 1.60. The van der Waals surface area contributed by atoms with E-state index in [1.165, 1.54) is 11.8 Å². The van der Waals surface area contributed by atoms with Gasteiger partial charge in [-0.1, -0.05) is 35.5 Å². The topological polar surface area (TPSA) is 64.2 Å². The number of benzene rings is 2. The van der Waals surface area contributed by atoms with Crippen LogP contribution in [0.5, 0.6) is 11.5 Å². The van der Waals surface area contributed by atoms with Crippen molar-refractivity contribution in [3.8, 4) is 11.5 Å². The van der Waals surface area contributed by atoms with E-state index >= 15 is 0 Å². The van der Waals surface area contributed by atoms with Crippen molar-refractivity contribution in [2.24, 2.45) is 0 Å². The largest absolute Gasteiger partial charge is 0.493 e. The van der Waals surface area contributed by atoms with Crippen molar-refractivity contribution in [1.29, 1.82) is 0 Å². The Balaban J connectivity index is 1.64. The lowest BCUT2D eigenvalue weighted by Gasteiger charge is -2.09. The second-order valence-corrected chi connectivity index (χ2v) is 6.40. The third-order valence-electron chi connectivity index (χ3n) is 3.29. The molecule has 3 aromatic rings. The van der Waals surface area contributed by atoms with Crippen LogP contribution in [0.1, 0.15) is 0 Å². The number of fused-ring (bicyclic) bond motifs is 1. The van der Waals surface area contributed by atoms with Crippen LogP contribution in [-0.2, 0) is 0 Å². The maximum atomic E-state index is 12.1. The van der Waals surface area contributed by atoms with Crippen LogP contribution >= 0.6 is 23.4 Å². The molecule has 124 valence electrons. The predicted octanol–water partition coefficient (Wildman–Crippen LogP) is 3.76. The third-order valence-corrected chi connectivity index (χ3v) is 4.37. The van der Waals surface area contributed by atoms with Gasteiger partial charge in [-0.3, -0.25) is 4.79 Å². The molecule has 1 heterocycles. The van der Waals surface area contributed by atoms with Gasteiger partial charge >= 0.3 is 0 Å². The second kappa shape index (κ2) is 7.59. The van der Waals surface area contributed by atoms with Crippen molar-refractivity contribution in [3.05, 3.63) is 57.8 Å². The van der Waals surface area contributed by atoms with Crippen molar-refractivity contribution in [2.45, 2.75) is 5.16 Å². The molecule has 0 saturated carbocycles. The molecular formula is C17H15ClN2O3S. The van der Waals surface area contributed by atoms with Gasteiger partial charge in [0.15, 0.2) is 16.7 Å². The van der Waals surface area contributed by atoms with Crippen LogP contribution < -0.4 is 15.0 Å². The van der Waals surface area contributed by atoms with Gasteiger partial charge in [0.1, 0.15) is 0 Å². The molecule has 0 aliphatic rings. The summed E-state index contributed by atoms with van der Waals surface area (Å²) >= 11 is 7.32. The van der Waals surface area contributed by atoms with Crippen molar-refractivity contribution < 1.29 is 9.47 Å². The molecule has 0 aliphatic heterocycles. The highest BCUT2D eigenvalue weighted by Crippen LogP contribution is 2.26. The molecule has 0 aliphatic carbocycles. The second-order valence-electron chi connectivity index (χ2n) is 4.88. The van der Waals surface area contributed by atoms with Crippen molar-refractivity contribution in [1.82, 2.24) is 9.97 Å². The molecule has 0 bridgehead atoms. The van der Waals surface area contributed by atoms with Crippen LogP contribution in [0.4, 0.5) is 0 Å². The highest BCUT2D eigenvalue weighted by atomic mass is 35.5. The van der Waals surface area contributed by atoms with Gasteiger partial charge in [-0.25, -0.2) is 4.98 Å². The van der Waals surface area contributed by atoms with E-state index < -0.39 is 0 Å². The molecule has 0 saturated heterocycles. The summed E-state index contributed by atoms with van der Waals surface area (Å²) in [5, 5.41) is 1.55. The van der Waals surface area contributed by atoms with Gasteiger partial charge in [-0.05, 0) is 30.3 Å². The number of halogens is 1. The van der Waals surface area contributed by atoms with E-state index in [1.807, 2.05) is 24.3 Å². The maximum absolute atomic E-state index is 12.1. The van der Waals surface area contributed by atoms with E-state index in [1.54, 1.807) is 25.3 Å². The lowest BCUT2D eigenvalue weighted by Crippen LogP contribution is -2.10. The summed E-state index contributed by atoms with van der Waals surface area (Å²) < 4.78 is 10.9. The summed E-state index contributed by atoms with van der Waals surface area (Å²) in [6, 6.07) is 12.5. The minimum Gasteiger partial charge on any atom is -0.493 e. The monoisotopic (exact) mass is 362 g/mol. The number of para-hydroxylation sites is 2. The number of aromatic amines is 1. The average molecular weight is 363 g/mol. The number of hydrogen-bond acceptors (Lipinski definition) is 5. The van der Waals surface area contributed by atoms with Crippen LogP contribution in [0.15, 0.2) is 52.4 Å². The SMILES string of the molecule is COc1ccccc1OCCSc1nc2ccc(Cl)cc2c(=O)[nH]1. The Hall–Kier alpha value is -2.18. The average Bonchev–Trinajstić information content (AvgIpc) is 2.60. The highest BCUT2D eigenvalue weighted by Gasteiger charge is 2.06. The fourth-order valence-electron chi connectivity index (χ4n) is 2.19. The van der Waals surface area contributed by atoms with Gasteiger partial charge in [0, 0.05) is 10.8 Å². The molecular weight excluding hydrogens is 348 g/mol. The van der Waals surface area contributed by atoms with E-state index in [0.29, 0.717) is 44.9 Å². The Morgan fingerprint density at radius 3 is 2.79 bits per heavy atom. The normalized spacial score (nSPS) is 10.8. The van der Waals surface area contributed by atoms with E-state index in [-0.39, 0.29) is 5.56 Å². The molecule has 0 fully saturated rings. The molecule has 24 heavy (non-hydrogen) atoms. The molecule has 1 N–H and O–H groups in total. The van der Waals surface area contributed by atoms with Gasteiger partial charge in [0.2, 0.25) is 0 Å². The van der Waals surface area contributed by atoms with E-state index in [2.05, 4.69) is 9.97 Å². The fourth-order valence-corrected chi connectivity index (χ4v) is 3.05. The van der Waals surface area contributed by atoms with Crippen LogP contribution in [-0.4, -0.2) is 29.4 Å². The zero-order valence-electron chi connectivity index (χ0n) is 12.9. The van der Waals surface area contributed by atoms with Crippen LogP contribution in [0.25, 0.3) is 10.9 Å². The van der Waals surface area contributed by atoms with Crippen molar-refractivity contribution >= 4 is 34.3 Å². The quantitative estimate of drug-likeness (QED) is 0.411. The number of ether oxygens (including phenoxy) is 2. The molecule has 5 nitrogen and oxygen atoms in total. The summed E-state index contributed by atoms with van der Waals surface area (Å²) in [6.07, 6.45) is 0. The summed E-state index contributed by atoms with van der Waals surface area (Å²) in [5.74, 6) is 2.02. The first-order chi connectivity index (χ1) is 11.7. The van der Waals surface area contributed by atoms with E-state index in [0.717, 1.165) is 0 Å². The molecule has 0 amide bonds. The first kappa shape index (κ1) is 16.7. The zero-order valence-corrected chi connectivity index (χ0v) is 14.5. The number of H-pyrrole nitrogens is 1. The Morgan fingerprint density at radius 2 is 2.00 bits per heavy atom. The first-order valence-corrected chi connectivity index (χ1v) is 8.62. The molecule has 1 aromatic heterocycles. The fraction of sp³-hybridized carbons (Fsp3) is 0.176. The van der Waals surface area contributed by atoms with E-state index in [9.17, 15) is 4.79 Å². The number of nitrogens with one attached hydrogen (secondary N) is 1. The van der Waals surface area contributed by atoms with Crippen molar-refractivity contribution in [2.75, 3.05) is 19.5 Å². The maximum Gasteiger partial charge on any atom is 0.259 e. The minimum absolute atomic E-state index is 0.198. The zero-order chi connectivity index (χ0) is 16.9.